The van der Waals surface area contributed by atoms with E-state index in [4.69, 9.17) is 10.5 Å². The third kappa shape index (κ3) is 11.4. The summed E-state index contributed by atoms with van der Waals surface area (Å²) in [4.78, 5) is 0. The second kappa shape index (κ2) is 7.63. The summed E-state index contributed by atoms with van der Waals surface area (Å²) in [5, 5.41) is 3.85. The summed E-state index contributed by atoms with van der Waals surface area (Å²) >= 11 is 0. The Kier molecular flexibility index (Phi) is 7.60. The molecule has 0 unspecified atom stereocenters. The maximum absolute atomic E-state index is 6.51. The lowest BCUT2D eigenvalue weighted by atomic mass is 9.83. The first-order valence-corrected chi connectivity index (χ1v) is 9.53. The van der Waals surface area contributed by atoms with E-state index in [2.05, 4.69) is 88.4 Å². The lowest BCUT2D eigenvalue weighted by Gasteiger charge is -2.45. The summed E-state index contributed by atoms with van der Waals surface area (Å²) < 4.78 is 6.51. The monoisotopic (exact) mass is 342 g/mol. The Balaban J connectivity index is 4.94. The highest BCUT2D eigenvalue weighted by atomic mass is 16.5. The van der Waals surface area contributed by atoms with Gasteiger partial charge in [0, 0.05) is 16.6 Å². The highest BCUT2D eigenvalue weighted by molar-refractivity contribution is 4.94. The van der Waals surface area contributed by atoms with Crippen LogP contribution in [0.1, 0.15) is 102 Å². The molecule has 0 spiro atoms. The van der Waals surface area contributed by atoms with E-state index in [1.54, 1.807) is 0 Å². The quantitative estimate of drug-likeness (QED) is 0.568. The summed E-state index contributed by atoms with van der Waals surface area (Å²) in [6, 6.07) is 0. The highest BCUT2D eigenvalue weighted by Gasteiger charge is 2.38. The van der Waals surface area contributed by atoms with Crippen LogP contribution in [0.25, 0.3) is 0 Å². The van der Waals surface area contributed by atoms with Crippen LogP contribution in [0.15, 0.2) is 0 Å². The molecule has 0 aliphatic carbocycles. The van der Waals surface area contributed by atoms with Gasteiger partial charge in [0.25, 0.3) is 0 Å². The molecule has 0 saturated heterocycles. The number of nitrogens with two attached hydrogens (primary N) is 1. The number of hydrogen-bond donors (Lipinski definition) is 2. The SMILES string of the molecule is CC(C)CC(C)(C)NC(C)(C)CC(C)(C)OC(C)(C)CC(C)(C)N. The zero-order chi connectivity index (χ0) is 19.6. The lowest BCUT2D eigenvalue weighted by Crippen LogP contribution is -2.56. The van der Waals surface area contributed by atoms with Crippen LogP contribution < -0.4 is 11.1 Å². The molecule has 0 aliphatic heterocycles. The van der Waals surface area contributed by atoms with Crippen molar-refractivity contribution in [2.45, 2.75) is 130 Å². The van der Waals surface area contributed by atoms with Gasteiger partial charge in [0.15, 0.2) is 0 Å². The number of nitrogens with one attached hydrogen (secondary N) is 1. The van der Waals surface area contributed by atoms with E-state index >= 15 is 0 Å². The van der Waals surface area contributed by atoms with E-state index in [0.29, 0.717) is 5.92 Å². The molecule has 3 N–H and O–H groups in total. The second-order valence-electron chi connectivity index (χ2n) is 11.5. The number of ether oxygens (including phenoxy) is 1. The van der Waals surface area contributed by atoms with Crippen molar-refractivity contribution < 1.29 is 4.74 Å². The van der Waals surface area contributed by atoms with Crippen LogP contribution in [0.2, 0.25) is 0 Å². The van der Waals surface area contributed by atoms with E-state index in [1.165, 1.54) is 0 Å². The van der Waals surface area contributed by atoms with Crippen molar-refractivity contribution >= 4 is 0 Å². The molecule has 0 amide bonds. The minimum absolute atomic E-state index is 0.00377. The molecule has 0 saturated carbocycles. The first kappa shape index (κ1) is 23.9. The summed E-state index contributed by atoms with van der Waals surface area (Å²) in [6.45, 7) is 26.5. The van der Waals surface area contributed by atoms with Gasteiger partial charge < -0.3 is 15.8 Å². The smallest absolute Gasteiger partial charge is 0.0651 e. The Morgan fingerprint density at radius 3 is 1.54 bits per heavy atom. The van der Waals surface area contributed by atoms with Crippen molar-refractivity contribution in [3.05, 3.63) is 0 Å². The van der Waals surface area contributed by atoms with Gasteiger partial charge in [-0.2, -0.15) is 0 Å². The standard InChI is InChI=1S/C21H46N2O/c1-16(2)13-18(5,6)23-19(7,8)15-21(11,12)24-20(9,10)14-17(3,4)22/h16,23H,13-15,22H2,1-12H3. The Hall–Kier alpha value is -0.120. The van der Waals surface area contributed by atoms with Crippen molar-refractivity contribution in [2.75, 3.05) is 0 Å². The molecule has 0 aromatic rings. The van der Waals surface area contributed by atoms with Crippen LogP contribution in [0, 0.1) is 5.92 Å². The van der Waals surface area contributed by atoms with Gasteiger partial charge in [-0.05, 0) is 94.4 Å². The van der Waals surface area contributed by atoms with Crippen LogP contribution in [0.3, 0.4) is 0 Å². The van der Waals surface area contributed by atoms with Gasteiger partial charge in [0.1, 0.15) is 0 Å². The Labute approximate surface area is 152 Å². The van der Waals surface area contributed by atoms with Gasteiger partial charge in [-0.15, -0.1) is 0 Å². The average molecular weight is 343 g/mol. The van der Waals surface area contributed by atoms with Crippen molar-refractivity contribution in [3.8, 4) is 0 Å². The van der Waals surface area contributed by atoms with Gasteiger partial charge >= 0.3 is 0 Å². The zero-order valence-corrected chi connectivity index (χ0v) is 18.7. The van der Waals surface area contributed by atoms with Crippen LogP contribution in [0.4, 0.5) is 0 Å². The molecule has 0 bridgehead atoms. The molecule has 0 atom stereocenters. The van der Waals surface area contributed by atoms with Crippen molar-refractivity contribution in [2.24, 2.45) is 11.7 Å². The average Bonchev–Trinajstić information content (AvgIpc) is 2.00. The summed E-state index contributed by atoms with van der Waals surface area (Å²) in [5.74, 6) is 0.679. The first-order valence-electron chi connectivity index (χ1n) is 9.53. The summed E-state index contributed by atoms with van der Waals surface area (Å²) in [7, 11) is 0. The Morgan fingerprint density at radius 2 is 1.17 bits per heavy atom. The highest BCUT2D eigenvalue weighted by Crippen LogP contribution is 2.33. The molecular formula is C21H46N2O. The molecule has 3 nitrogen and oxygen atoms in total. The fourth-order valence-electron chi connectivity index (χ4n) is 5.01. The number of hydrogen-bond acceptors (Lipinski definition) is 3. The molecule has 0 aliphatic rings. The van der Waals surface area contributed by atoms with E-state index in [0.717, 1.165) is 19.3 Å². The predicted molar refractivity (Wildman–Crippen MR) is 107 cm³/mol. The van der Waals surface area contributed by atoms with E-state index < -0.39 is 0 Å². The Morgan fingerprint density at radius 1 is 0.750 bits per heavy atom. The third-order valence-corrected chi connectivity index (χ3v) is 3.90. The van der Waals surface area contributed by atoms with Crippen LogP contribution >= 0.6 is 0 Å². The fourth-order valence-corrected chi connectivity index (χ4v) is 5.01. The maximum atomic E-state index is 6.51. The van der Waals surface area contributed by atoms with Gasteiger partial charge in [-0.25, -0.2) is 0 Å². The van der Waals surface area contributed by atoms with E-state index in [9.17, 15) is 0 Å². The molecule has 0 aromatic carbocycles. The molecule has 0 fully saturated rings. The topological polar surface area (TPSA) is 47.3 Å². The molecule has 0 heterocycles. The molecule has 0 radical (unpaired) electrons. The summed E-state index contributed by atoms with van der Waals surface area (Å²) in [5.41, 5.74) is 5.62. The largest absolute Gasteiger partial charge is 0.370 e. The molecular weight excluding hydrogens is 296 g/mol. The predicted octanol–water partition coefficient (Wildman–Crippen LogP) is 5.27. The third-order valence-electron chi connectivity index (χ3n) is 3.90. The van der Waals surface area contributed by atoms with Crippen LogP contribution in [0.5, 0.6) is 0 Å². The maximum Gasteiger partial charge on any atom is 0.0651 e. The van der Waals surface area contributed by atoms with Crippen LogP contribution in [-0.4, -0.2) is 27.8 Å². The van der Waals surface area contributed by atoms with Gasteiger partial charge in [0.05, 0.1) is 11.2 Å². The molecule has 0 aromatic heterocycles. The van der Waals surface area contributed by atoms with Crippen molar-refractivity contribution in [1.29, 1.82) is 0 Å². The van der Waals surface area contributed by atoms with E-state index in [1.807, 2.05) is 0 Å². The molecule has 146 valence electrons. The summed E-state index contributed by atoms with van der Waals surface area (Å²) in [6.07, 6.45) is 2.93. The zero-order valence-electron chi connectivity index (χ0n) is 18.7. The lowest BCUT2D eigenvalue weighted by molar-refractivity contribution is -0.142. The van der Waals surface area contributed by atoms with Crippen LogP contribution in [-0.2, 0) is 4.74 Å². The minimum Gasteiger partial charge on any atom is -0.370 e. The number of rotatable bonds is 10. The molecule has 24 heavy (non-hydrogen) atoms. The fraction of sp³-hybridized carbons (Fsp3) is 1.00. The minimum atomic E-state index is -0.245. The van der Waals surface area contributed by atoms with E-state index in [-0.39, 0.29) is 27.8 Å². The van der Waals surface area contributed by atoms with Gasteiger partial charge in [-0.3, -0.25) is 0 Å². The molecule has 3 heteroatoms. The first-order chi connectivity index (χ1) is 10.2. The van der Waals surface area contributed by atoms with Crippen molar-refractivity contribution in [1.82, 2.24) is 5.32 Å². The Bertz CT molecular complexity index is 387. The molecule has 0 rings (SSSR count). The van der Waals surface area contributed by atoms with Crippen molar-refractivity contribution in [3.63, 3.8) is 0 Å². The normalized spacial score (nSPS) is 15.2. The van der Waals surface area contributed by atoms with Gasteiger partial charge in [-0.1, -0.05) is 13.8 Å². The second-order valence-corrected chi connectivity index (χ2v) is 11.5. The van der Waals surface area contributed by atoms with Gasteiger partial charge in [0.2, 0.25) is 0 Å².